The fourth-order valence-electron chi connectivity index (χ4n) is 2.94. The lowest BCUT2D eigenvalue weighted by molar-refractivity contribution is 0.177. The van der Waals surface area contributed by atoms with Gasteiger partial charge in [-0.25, -0.2) is 4.79 Å². The molecule has 1 fully saturated rings. The van der Waals surface area contributed by atoms with Gasteiger partial charge in [-0.15, -0.1) is 0 Å². The maximum absolute atomic E-state index is 12.3. The summed E-state index contributed by atoms with van der Waals surface area (Å²) in [4.78, 5) is 13.9. The van der Waals surface area contributed by atoms with Crippen molar-refractivity contribution in [1.82, 2.24) is 10.2 Å². The summed E-state index contributed by atoms with van der Waals surface area (Å²) in [5, 5.41) is 12.1. The van der Waals surface area contributed by atoms with Crippen LogP contribution in [0.1, 0.15) is 38.2 Å². The van der Waals surface area contributed by atoms with Crippen LogP contribution in [0.2, 0.25) is 0 Å². The summed E-state index contributed by atoms with van der Waals surface area (Å²) in [5.41, 5.74) is 2.30. The van der Waals surface area contributed by atoms with Gasteiger partial charge in [0.05, 0.1) is 6.61 Å². The molecule has 0 heterocycles. The first-order valence-electron chi connectivity index (χ1n) is 8.07. The molecule has 4 nitrogen and oxygen atoms in total. The van der Waals surface area contributed by atoms with Gasteiger partial charge in [0.25, 0.3) is 0 Å². The Morgan fingerprint density at radius 2 is 2.00 bits per heavy atom. The highest BCUT2D eigenvalue weighted by atomic mass is 16.3. The number of allylic oxidation sites excluding steroid dienone is 1. The number of urea groups is 1. The maximum Gasteiger partial charge on any atom is 0.321 e. The van der Waals surface area contributed by atoms with Crippen LogP contribution in [0.15, 0.2) is 42.1 Å². The third-order valence-corrected chi connectivity index (χ3v) is 4.30. The number of amides is 2. The van der Waals surface area contributed by atoms with Gasteiger partial charge >= 0.3 is 6.03 Å². The molecule has 1 aromatic carbocycles. The van der Waals surface area contributed by atoms with Crippen LogP contribution in [-0.4, -0.2) is 29.2 Å². The molecule has 1 aliphatic rings. The molecule has 120 valence electrons. The fraction of sp³-hybridized carbons (Fsp3) is 0.500. The molecular formula is C18H26N2O2. The second-order valence-corrected chi connectivity index (χ2v) is 5.95. The van der Waals surface area contributed by atoms with Crippen molar-refractivity contribution in [3.05, 3.63) is 47.7 Å². The third-order valence-electron chi connectivity index (χ3n) is 4.30. The molecule has 0 atom stereocenters. The summed E-state index contributed by atoms with van der Waals surface area (Å²) < 4.78 is 0. The second kappa shape index (κ2) is 8.59. The third kappa shape index (κ3) is 4.88. The standard InChI is InChI=1S/C18H26N2O2/c1-15(17-9-5-6-10-17)13-19-18(22)20(11-12-21)14-16-7-3-2-4-8-16/h2-4,7-8,13,17,21H,5-6,9-12,14H2,1H3,(H,19,22)/b15-13+. The molecule has 0 bridgehead atoms. The van der Waals surface area contributed by atoms with E-state index in [1.54, 1.807) is 4.90 Å². The van der Waals surface area contributed by atoms with Crippen molar-refractivity contribution in [1.29, 1.82) is 0 Å². The number of aliphatic hydroxyl groups excluding tert-OH is 1. The lowest BCUT2D eigenvalue weighted by Crippen LogP contribution is -2.39. The lowest BCUT2D eigenvalue weighted by Gasteiger charge is -2.22. The molecule has 0 saturated heterocycles. The van der Waals surface area contributed by atoms with E-state index in [0.717, 1.165) is 5.56 Å². The van der Waals surface area contributed by atoms with Crippen LogP contribution in [0.25, 0.3) is 0 Å². The number of carbonyl (C=O) groups excluding carboxylic acids is 1. The monoisotopic (exact) mass is 302 g/mol. The molecule has 0 aliphatic heterocycles. The van der Waals surface area contributed by atoms with E-state index in [2.05, 4.69) is 12.2 Å². The molecular weight excluding hydrogens is 276 g/mol. The molecule has 0 spiro atoms. The number of nitrogens with one attached hydrogen (secondary N) is 1. The lowest BCUT2D eigenvalue weighted by atomic mass is 10.0. The zero-order valence-corrected chi connectivity index (χ0v) is 13.3. The topological polar surface area (TPSA) is 52.6 Å². The molecule has 22 heavy (non-hydrogen) atoms. The van der Waals surface area contributed by atoms with Crippen molar-refractivity contribution in [3.63, 3.8) is 0 Å². The Morgan fingerprint density at radius 3 is 2.64 bits per heavy atom. The van der Waals surface area contributed by atoms with E-state index < -0.39 is 0 Å². The van der Waals surface area contributed by atoms with Crippen LogP contribution in [0.4, 0.5) is 4.79 Å². The van der Waals surface area contributed by atoms with Crippen LogP contribution < -0.4 is 5.32 Å². The summed E-state index contributed by atoms with van der Waals surface area (Å²) in [7, 11) is 0. The molecule has 2 amide bonds. The molecule has 1 aliphatic carbocycles. The summed E-state index contributed by atoms with van der Waals surface area (Å²) in [5.74, 6) is 0.612. The molecule has 1 saturated carbocycles. The minimum absolute atomic E-state index is 0.0361. The molecule has 2 N–H and O–H groups in total. The van der Waals surface area contributed by atoms with Gasteiger partial charge in [-0.05, 0) is 31.2 Å². The largest absolute Gasteiger partial charge is 0.395 e. The van der Waals surface area contributed by atoms with E-state index in [1.807, 2.05) is 36.5 Å². The highest BCUT2D eigenvalue weighted by Gasteiger charge is 2.17. The highest BCUT2D eigenvalue weighted by Crippen LogP contribution is 2.30. The predicted octanol–water partition coefficient (Wildman–Crippen LogP) is 3.28. The molecule has 0 radical (unpaired) electrons. The molecule has 4 heteroatoms. The van der Waals surface area contributed by atoms with Crippen molar-refractivity contribution in [2.45, 2.75) is 39.2 Å². The van der Waals surface area contributed by atoms with Crippen molar-refractivity contribution in [3.8, 4) is 0 Å². The Labute approximate surface area is 132 Å². The Hall–Kier alpha value is -1.81. The van der Waals surface area contributed by atoms with Crippen LogP contribution in [-0.2, 0) is 6.54 Å². The van der Waals surface area contributed by atoms with E-state index in [4.69, 9.17) is 0 Å². The van der Waals surface area contributed by atoms with E-state index in [-0.39, 0.29) is 12.6 Å². The quantitative estimate of drug-likeness (QED) is 0.847. The average Bonchev–Trinajstić information content (AvgIpc) is 3.07. The van der Waals surface area contributed by atoms with Gasteiger partial charge in [0, 0.05) is 19.3 Å². The van der Waals surface area contributed by atoms with E-state index >= 15 is 0 Å². The number of benzene rings is 1. The van der Waals surface area contributed by atoms with E-state index in [9.17, 15) is 9.90 Å². The van der Waals surface area contributed by atoms with Crippen molar-refractivity contribution >= 4 is 6.03 Å². The fourth-order valence-corrected chi connectivity index (χ4v) is 2.94. The Kier molecular flexibility index (Phi) is 6.46. The van der Waals surface area contributed by atoms with Crippen LogP contribution in [0.3, 0.4) is 0 Å². The summed E-state index contributed by atoms with van der Waals surface area (Å²) >= 11 is 0. The van der Waals surface area contributed by atoms with Gasteiger partial charge in [0.2, 0.25) is 0 Å². The minimum atomic E-state index is -0.157. The first-order chi connectivity index (χ1) is 10.7. The molecule has 2 rings (SSSR count). The maximum atomic E-state index is 12.3. The smallest absolute Gasteiger partial charge is 0.321 e. The summed E-state index contributed by atoms with van der Waals surface area (Å²) in [6.45, 7) is 2.88. The highest BCUT2D eigenvalue weighted by molar-refractivity contribution is 5.75. The number of hydrogen-bond donors (Lipinski definition) is 2. The number of nitrogens with zero attached hydrogens (tertiary/aromatic N) is 1. The Balaban J connectivity index is 1.92. The number of aliphatic hydroxyl groups is 1. The van der Waals surface area contributed by atoms with Gasteiger partial charge in [0.15, 0.2) is 0 Å². The van der Waals surface area contributed by atoms with Crippen LogP contribution in [0, 0.1) is 5.92 Å². The average molecular weight is 302 g/mol. The first-order valence-corrected chi connectivity index (χ1v) is 8.07. The van der Waals surface area contributed by atoms with Gasteiger partial charge < -0.3 is 15.3 Å². The van der Waals surface area contributed by atoms with Crippen molar-refractivity contribution in [2.75, 3.05) is 13.2 Å². The zero-order chi connectivity index (χ0) is 15.8. The van der Waals surface area contributed by atoms with Crippen LogP contribution >= 0.6 is 0 Å². The minimum Gasteiger partial charge on any atom is -0.395 e. The summed E-state index contributed by atoms with van der Waals surface area (Å²) in [6.07, 6.45) is 6.86. The van der Waals surface area contributed by atoms with Crippen molar-refractivity contribution in [2.24, 2.45) is 5.92 Å². The summed E-state index contributed by atoms with van der Waals surface area (Å²) in [6, 6.07) is 9.67. The van der Waals surface area contributed by atoms with Gasteiger partial charge in [-0.3, -0.25) is 0 Å². The van der Waals surface area contributed by atoms with Crippen LogP contribution in [0.5, 0.6) is 0 Å². The molecule has 0 unspecified atom stereocenters. The van der Waals surface area contributed by atoms with E-state index in [0.29, 0.717) is 19.0 Å². The number of rotatable bonds is 6. The normalized spacial score (nSPS) is 15.8. The Morgan fingerprint density at radius 1 is 1.32 bits per heavy atom. The van der Waals surface area contributed by atoms with E-state index in [1.165, 1.54) is 31.3 Å². The van der Waals surface area contributed by atoms with Gasteiger partial charge in [0.1, 0.15) is 0 Å². The predicted molar refractivity (Wildman–Crippen MR) is 88.2 cm³/mol. The molecule has 1 aromatic rings. The number of hydrogen-bond acceptors (Lipinski definition) is 2. The van der Waals surface area contributed by atoms with Gasteiger partial charge in [-0.2, -0.15) is 0 Å². The SMILES string of the molecule is C/C(=C\NC(=O)N(CCO)Cc1ccccc1)C1CCCC1. The van der Waals surface area contributed by atoms with Gasteiger partial charge in [-0.1, -0.05) is 48.7 Å². The second-order valence-electron chi connectivity index (χ2n) is 5.95. The number of carbonyl (C=O) groups is 1. The van der Waals surface area contributed by atoms with Crippen molar-refractivity contribution < 1.29 is 9.90 Å². The Bertz CT molecular complexity index is 493. The first kappa shape index (κ1) is 16.6. The zero-order valence-electron chi connectivity index (χ0n) is 13.3. The molecule has 0 aromatic heterocycles.